The molecule has 1 rings (SSSR count). The third-order valence-corrected chi connectivity index (χ3v) is 2.88. The van der Waals surface area contributed by atoms with E-state index in [0.29, 0.717) is 12.3 Å². The Morgan fingerprint density at radius 2 is 2.11 bits per heavy atom. The van der Waals surface area contributed by atoms with E-state index < -0.39 is 0 Å². The molecule has 18 heavy (non-hydrogen) atoms. The number of hydrogen-bond donors (Lipinski definition) is 0. The molecule has 0 N–H and O–H groups in total. The molecule has 1 aromatic carbocycles. The van der Waals surface area contributed by atoms with Gasteiger partial charge in [-0.25, -0.2) is 0 Å². The maximum Gasteiger partial charge on any atom is 0.130 e. The Kier molecular flexibility index (Phi) is 5.63. The van der Waals surface area contributed by atoms with E-state index in [1.165, 1.54) is 5.56 Å². The minimum Gasteiger partial charge on any atom is -0.496 e. The van der Waals surface area contributed by atoms with Gasteiger partial charge in [0.1, 0.15) is 11.5 Å². The Morgan fingerprint density at radius 1 is 1.39 bits per heavy atom. The quantitative estimate of drug-likeness (QED) is 0.752. The molecule has 2 nitrogen and oxygen atoms in total. The lowest BCUT2D eigenvalue weighted by Crippen LogP contribution is -1.92. The first kappa shape index (κ1) is 14.5. The summed E-state index contributed by atoms with van der Waals surface area (Å²) >= 11 is 0. The molecule has 0 amide bonds. The third kappa shape index (κ3) is 4.36. The lowest BCUT2D eigenvalue weighted by Gasteiger charge is -2.10. The topological polar surface area (TPSA) is 26.3 Å². The second kappa shape index (κ2) is 7.00. The van der Waals surface area contributed by atoms with Gasteiger partial charge in [0.05, 0.1) is 7.11 Å². The van der Waals surface area contributed by atoms with Gasteiger partial charge in [0, 0.05) is 12.0 Å². The maximum atomic E-state index is 10.8. The summed E-state index contributed by atoms with van der Waals surface area (Å²) in [6.45, 7) is 5.94. The fourth-order valence-corrected chi connectivity index (χ4v) is 1.72. The number of carbonyl (C=O) groups is 1. The van der Waals surface area contributed by atoms with Gasteiger partial charge in [-0.2, -0.15) is 0 Å². The summed E-state index contributed by atoms with van der Waals surface area (Å²) in [7, 11) is 1.69. The van der Waals surface area contributed by atoms with Gasteiger partial charge in [-0.3, -0.25) is 0 Å². The number of benzene rings is 1. The van der Waals surface area contributed by atoms with E-state index in [9.17, 15) is 4.79 Å². The number of hydrogen-bond acceptors (Lipinski definition) is 2. The molecule has 0 saturated carbocycles. The van der Waals surface area contributed by atoms with E-state index in [0.717, 1.165) is 17.7 Å². The average Bonchev–Trinajstić information content (AvgIpc) is 2.34. The second-order valence-corrected chi connectivity index (χ2v) is 4.80. The molecular weight excluding hydrogens is 224 g/mol. The Bertz CT molecular complexity index is 431. The molecule has 98 valence electrons. The van der Waals surface area contributed by atoms with E-state index in [1.54, 1.807) is 14.0 Å². The smallest absolute Gasteiger partial charge is 0.130 e. The molecule has 0 radical (unpaired) electrons. The van der Waals surface area contributed by atoms with Crippen molar-refractivity contribution < 1.29 is 9.53 Å². The van der Waals surface area contributed by atoms with Gasteiger partial charge in [-0.1, -0.05) is 38.1 Å². The first-order chi connectivity index (χ1) is 8.54. The van der Waals surface area contributed by atoms with E-state index in [-0.39, 0.29) is 5.78 Å². The van der Waals surface area contributed by atoms with Crippen molar-refractivity contribution in [3.05, 3.63) is 35.4 Å². The van der Waals surface area contributed by atoms with Gasteiger partial charge < -0.3 is 9.53 Å². The first-order valence-electron chi connectivity index (χ1n) is 6.38. The maximum absolute atomic E-state index is 10.8. The summed E-state index contributed by atoms with van der Waals surface area (Å²) in [5.74, 6) is 1.61. The number of ether oxygens (including phenoxy) is 1. The van der Waals surface area contributed by atoms with Crippen molar-refractivity contribution in [1.29, 1.82) is 0 Å². The summed E-state index contributed by atoms with van der Waals surface area (Å²) in [5.41, 5.74) is 2.33. The summed E-state index contributed by atoms with van der Waals surface area (Å²) < 4.78 is 5.40. The van der Waals surface area contributed by atoms with Gasteiger partial charge in [-0.15, -0.1) is 0 Å². The fraction of sp³-hybridized carbons (Fsp3) is 0.438. The molecule has 0 aromatic heterocycles. The minimum atomic E-state index is 0.224. The zero-order valence-corrected chi connectivity index (χ0v) is 11.7. The van der Waals surface area contributed by atoms with Crippen LogP contribution in [0.5, 0.6) is 5.75 Å². The summed E-state index contributed by atoms with van der Waals surface area (Å²) in [6.07, 6.45) is 5.42. The van der Waals surface area contributed by atoms with Gasteiger partial charge in [0.25, 0.3) is 0 Å². The van der Waals surface area contributed by atoms with Crippen LogP contribution in [0.15, 0.2) is 24.3 Å². The lowest BCUT2D eigenvalue weighted by atomic mass is 10.0. The molecule has 2 heteroatoms. The summed E-state index contributed by atoms with van der Waals surface area (Å²) in [5, 5.41) is 0. The summed E-state index contributed by atoms with van der Waals surface area (Å²) in [6, 6.07) is 6.27. The van der Waals surface area contributed by atoms with Crippen LogP contribution in [0.3, 0.4) is 0 Å². The minimum absolute atomic E-state index is 0.224. The number of Topliss-reactive ketones (excluding diaryl/α,β-unsaturated/α-hetero) is 1. The molecule has 0 heterocycles. The molecule has 0 spiro atoms. The Balaban J connectivity index is 2.79. The van der Waals surface area contributed by atoms with Crippen LogP contribution in [0.1, 0.15) is 50.7 Å². The number of carbonyl (C=O) groups excluding carboxylic acids is 1. The molecule has 0 aliphatic carbocycles. The van der Waals surface area contributed by atoms with Crippen molar-refractivity contribution >= 4 is 11.9 Å². The highest BCUT2D eigenvalue weighted by Gasteiger charge is 2.04. The van der Waals surface area contributed by atoms with Gasteiger partial charge in [0.15, 0.2) is 0 Å². The number of allylic oxidation sites excluding steroid dienone is 1. The Morgan fingerprint density at radius 3 is 2.67 bits per heavy atom. The van der Waals surface area contributed by atoms with Crippen LogP contribution in [-0.4, -0.2) is 12.9 Å². The van der Waals surface area contributed by atoms with Crippen molar-refractivity contribution in [1.82, 2.24) is 0 Å². The van der Waals surface area contributed by atoms with Crippen molar-refractivity contribution in [2.45, 2.75) is 39.5 Å². The van der Waals surface area contributed by atoms with Gasteiger partial charge >= 0.3 is 0 Å². The highest BCUT2D eigenvalue weighted by Crippen LogP contribution is 2.25. The number of ketones is 1. The zero-order chi connectivity index (χ0) is 13.5. The fourth-order valence-electron chi connectivity index (χ4n) is 1.72. The molecule has 0 saturated heterocycles. The normalized spacial score (nSPS) is 11.2. The van der Waals surface area contributed by atoms with Crippen molar-refractivity contribution in [3.63, 3.8) is 0 Å². The van der Waals surface area contributed by atoms with E-state index in [4.69, 9.17) is 4.74 Å². The second-order valence-electron chi connectivity index (χ2n) is 4.80. The van der Waals surface area contributed by atoms with E-state index in [2.05, 4.69) is 32.0 Å². The molecule has 0 atom stereocenters. The average molecular weight is 246 g/mol. The predicted molar refractivity (Wildman–Crippen MR) is 76.0 cm³/mol. The molecule has 0 bridgehead atoms. The predicted octanol–water partition coefficient (Wildman–Crippen LogP) is 4.20. The zero-order valence-electron chi connectivity index (χ0n) is 11.7. The van der Waals surface area contributed by atoms with E-state index >= 15 is 0 Å². The van der Waals surface area contributed by atoms with Crippen LogP contribution >= 0.6 is 0 Å². The summed E-state index contributed by atoms with van der Waals surface area (Å²) in [4.78, 5) is 10.8. The SMILES string of the molecule is COc1cc(C(C)C)ccc1/C=C/CCC(C)=O. The molecule has 0 fully saturated rings. The van der Waals surface area contributed by atoms with Crippen LogP contribution in [0.2, 0.25) is 0 Å². The molecule has 0 aliphatic rings. The van der Waals surface area contributed by atoms with Crippen molar-refractivity contribution in [3.8, 4) is 5.75 Å². The van der Waals surface area contributed by atoms with Gasteiger partial charge in [-0.05, 0) is 30.9 Å². The van der Waals surface area contributed by atoms with Crippen molar-refractivity contribution in [2.24, 2.45) is 0 Å². The number of methoxy groups -OCH3 is 1. The highest BCUT2D eigenvalue weighted by atomic mass is 16.5. The molecule has 1 aromatic rings. The van der Waals surface area contributed by atoms with Crippen LogP contribution < -0.4 is 4.74 Å². The monoisotopic (exact) mass is 246 g/mol. The van der Waals surface area contributed by atoms with Crippen LogP contribution in [0, 0.1) is 0 Å². The molecule has 0 aliphatic heterocycles. The highest BCUT2D eigenvalue weighted by molar-refractivity contribution is 5.75. The largest absolute Gasteiger partial charge is 0.496 e. The molecule has 0 unspecified atom stereocenters. The van der Waals surface area contributed by atoms with Crippen molar-refractivity contribution in [2.75, 3.05) is 7.11 Å². The Hall–Kier alpha value is -1.57. The lowest BCUT2D eigenvalue weighted by molar-refractivity contribution is -0.116. The third-order valence-electron chi connectivity index (χ3n) is 2.88. The van der Waals surface area contributed by atoms with Crippen LogP contribution in [0.25, 0.3) is 6.08 Å². The van der Waals surface area contributed by atoms with E-state index in [1.807, 2.05) is 12.2 Å². The van der Waals surface area contributed by atoms with Crippen LogP contribution in [-0.2, 0) is 4.79 Å². The Labute approximate surface area is 110 Å². The standard InChI is InChI=1S/C16H22O2/c1-12(2)15-10-9-14(16(11-15)18-4)8-6-5-7-13(3)17/h6,8-12H,5,7H2,1-4H3/b8-6+. The molecular formula is C16H22O2. The number of rotatable bonds is 6. The van der Waals surface area contributed by atoms with Gasteiger partial charge in [0.2, 0.25) is 0 Å². The van der Waals surface area contributed by atoms with Crippen LogP contribution in [0.4, 0.5) is 0 Å². The first-order valence-corrected chi connectivity index (χ1v) is 6.38.